The van der Waals surface area contributed by atoms with Gasteiger partial charge >= 0.3 is 0 Å². The molecule has 1 aliphatic rings. The maximum atomic E-state index is 2.52. The molecule has 0 radical (unpaired) electrons. The smallest absolute Gasteiger partial charge is 0.0159 e. The van der Waals surface area contributed by atoms with Crippen LogP contribution in [0.2, 0.25) is 0 Å². The van der Waals surface area contributed by atoms with Crippen LogP contribution in [0.25, 0.3) is 65.7 Å². The fourth-order valence-corrected chi connectivity index (χ4v) is 7.14. The Morgan fingerprint density at radius 3 is 1.82 bits per heavy atom. The van der Waals surface area contributed by atoms with Crippen LogP contribution in [0.3, 0.4) is 0 Å². The highest BCUT2D eigenvalue weighted by Crippen LogP contribution is 2.53. The molecule has 8 rings (SSSR count). The molecule has 0 heteroatoms. The minimum atomic E-state index is -0.0637. The third-order valence-electron chi connectivity index (χ3n) is 9.13. The molecule has 0 saturated carbocycles. The highest BCUT2D eigenvalue weighted by atomic mass is 14.4. The molecule has 0 aliphatic heterocycles. The van der Waals surface area contributed by atoms with E-state index in [0.717, 1.165) is 0 Å². The Balaban J connectivity index is 1.61. The van der Waals surface area contributed by atoms with Gasteiger partial charge in [0.1, 0.15) is 0 Å². The van der Waals surface area contributed by atoms with E-state index in [4.69, 9.17) is 0 Å². The maximum absolute atomic E-state index is 2.52. The standard InChI is InChI=1S/C40H30/c1-25-19-21-27(22-20-25)38-31-15-6-7-16-32(31)39(30-17-10-12-26-11-4-5-13-28(26)30)35-24-37-33(23-34(35)38)29-14-8-9-18-36(29)40(37,2)3/h4-24H,1-3H3. The Morgan fingerprint density at radius 1 is 0.425 bits per heavy atom. The van der Waals surface area contributed by atoms with Crippen molar-refractivity contribution in [3.05, 3.63) is 144 Å². The van der Waals surface area contributed by atoms with E-state index in [1.807, 2.05) is 0 Å². The van der Waals surface area contributed by atoms with E-state index >= 15 is 0 Å². The molecule has 0 fully saturated rings. The fraction of sp³-hybridized carbons (Fsp3) is 0.100. The first-order valence-corrected chi connectivity index (χ1v) is 14.2. The average Bonchev–Trinajstić information content (AvgIpc) is 3.21. The lowest BCUT2D eigenvalue weighted by Crippen LogP contribution is -2.14. The van der Waals surface area contributed by atoms with Gasteiger partial charge in [-0.25, -0.2) is 0 Å². The van der Waals surface area contributed by atoms with Crippen molar-refractivity contribution in [3.63, 3.8) is 0 Å². The van der Waals surface area contributed by atoms with E-state index < -0.39 is 0 Å². The van der Waals surface area contributed by atoms with Crippen LogP contribution >= 0.6 is 0 Å². The van der Waals surface area contributed by atoms with Gasteiger partial charge < -0.3 is 0 Å². The zero-order valence-electron chi connectivity index (χ0n) is 23.1. The molecule has 0 aromatic heterocycles. The lowest BCUT2D eigenvalue weighted by atomic mass is 9.79. The van der Waals surface area contributed by atoms with Crippen LogP contribution in [0.4, 0.5) is 0 Å². The molecule has 0 atom stereocenters. The van der Waals surface area contributed by atoms with Crippen LogP contribution in [-0.4, -0.2) is 0 Å². The summed E-state index contributed by atoms with van der Waals surface area (Å²) < 4.78 is 0. The van der Waals surface area contributed by atoms with Crippen molar-refractivity contribution in [2.45, 2.75) is 26.2 Å². The van der Waals surface area contributed by atoms with Crippen LogP contribution in [-0.2, 0) is 5.41 Å². The first-order chi connectivity index (χ1) is 19.5. The lowest BCUT2D eigenvalue weighted by molar-refractivity contribution is 0.661. The molecule has 40 heavy (non-hydrogen) atoms. The van der Waals surface area contributed by atoms with E-state index in [9.17, 15) is 0 Å². The third-order valence-corrected chi connectivity index (χ3v) is 9.13. The molecule has 0 spiro atoms. The quantitative estimate of drug-likeness (QED) is 0.203. The van der Waals surface area contributed by atoms with E-state index in [0.29, 0.717) is 0 Å². The Morgan fingerprint density at radius 2 is 1.02 bits per heavy atom. The second-order valence-electron chi connectivity index (χ2n) is 11.8. The van der Waals surface area contributed by atoms with Crippen LogP contribution < -0.4 is 0 Å². The van der Waals surface area contributed by atoms with Crippen LogP contribution in [0, 0.1) is 6.92 Å². The number of fused-ring (bicyclic) bond motifs is 6. The SMILES string of the molecule is Cc1ccc(-c2c3ccccc3c(-c3cccc4ccccc34)c3cc4c(cc23)-c2ccccc2C4(C)C)cc1. The van der Waals surface area contributed by atoms with Crippen molar-refractivity contribution in [1.29, 1.82) is 0 Å². The molecule has 0 unspecified atom stereocenters. The molecule has 0 N–H and O–H groups in total. The summed E-state index contributed by atoms with van der Waals surface area (Å²) in [7, 11) is 0. The minimum Gasteiger partial charge on any atom is -0.0619 e. The first kappa shape index (κ1) is 23.2. The van der Waals surface area contributed by atoms with Crippen molar-refractivity contribution in [1.82, 2.24) is 0 Å². The monoisotopic (exact) mass is 510 g/mol. The topological polar surface area (TPSA) is 0 Å². The number of aryl methyl sites for hydroxylation is 1. The summed E-state index contributed by atoms with van der Waals surface area (Å²) in [6, 6.07) is 47.6. The van der Waals surface area contributed by atoms with Crippen molar-refractivity contribution in [2.75, 3.05) is 0 Å². The molecule has 1 aliphatic carbocycles. The first-order valence-electron chi connectivity index (χ1n) is 14.2. The molecule has 7 aromatic rings. The van der Waals surface area contributed by atoms with Crippen molar-refractivity contribution >= 4 is 32.3 Å². The second kappa shape index (κ2) is 8.41. The Bertz CT molecular complexity index is 2120. The summed E-state index contributed by atoms with van der Waals surface area (Å²) in [6.07, 6.45) is 0. The number of hydrogen-bond acceptors (Lipinski definition) is 0. The van der Waals surface area contributed by atoms with Gasteiger partial charge in [-0.2, -0.15) is 0 Å². The van der Waals surface area contributed by atoms with Gasteiger partial charge in [0.2, 0.25) is 0 Å². The summed E-state index contributed by atoms with van der Waals surface area (Å²) in [5.74, 6) is 0. The zero-order valence-corrected chi connectivity index (χ0v) is 23.1. The molecule has 7 aromatic carbocycles. The Kier molecular flexibility index (Phi) is 4.88. The second-order valence-corrected chi connectivity index (χ2v) is 11.8. The van der Waals surface area contributed by atoms with Gasteiger partial charge in [0.15, 0.2) is 0 Å². The Hall–Kier alpha value is -4.68. The van der Waals surface area contributed by atoms with E-state index in [-0.39, 0.29) is 5.41 Å². The zero-order chi connectivity index (χ0) is 27.0. The van der Waals surface area contributed by atoms with Gasteiger partial charge in [-0.05, 0) is 95.9 Å². The van der Waals surface area contributed by atoms with Gasteiger partial charge in [0.05, 0.1) is 0 Å². The van der Waals surface area contributed by atoms with E-state index in [1.165, 1.54) is 82.4 Å². The summed E-state index contributed by atoms with van der Waals surface area (Å²) in [5.41, 5.74) is 12.0. The summed E-state index contributed by atoms with van der Waals surface area (Å²) >= 11 is 0. The predicted molar refractivity (Wildman–Crippen MR) is 172 cm³/mol. The van der Waals surface area contributed by atoms with Gasteiger partial charge in [0, 0.05) is 5.41 Å². The molecule has 190 valence electrons. The molecule has 0 bridgehead atoms. The Labute approximate surface area is 235 Å². The predicted octanol–water partition coefficient (Wildman–Crippen LogP) is 11.1. The number of benzene rings is 7. The molecular formula is C40H30. The lowest BCUT2D eigenvalue weighted by Gasteiger charge is -2.24. The van der Waals surface area contributed by atoms with Crippen molar-refractivity contribution < 1.29 is 0 Å². The average molecular weight is 511 g/mol. The normalized spacial score (nSPS) is 13.6. The van der Waals surface area contributed by atoms with Gasteiger partial charge in [-0.3, -0.25) is 0 Å². The summed E-state index contributed by atoms with van der Waals surface area (Å²) in [4.78, 5) is 0. The highest BCUT2D eigenvalue weighted by Gasteiger charge is 2.36. The molecule has 0 nitrogen and oxygen atoms in total. The minimum absolute atomic E-state index is 0.0637. The fourth-order valence-electron chi connectivity index (χ4n) is 7.14. The summed E-state index contributed by atoms with van der Waals surface area (Å²) in [6.45, 7) is 6.92. The van der Waals surface area contributed by atoms with E-state index in [1.54, 1.807) is 0 Å². The highest BCUT2D eigenvalue weighted by molar-refractivity contribution is 6.24. The summed E-state index contributed by atoms with van der Waals surface area (Å²) in [5, 5.41) is 7.81. The maximum Gasteiger partial charge on any atom is 0.0159 e. The molecular weight excluding hydrogens is 480 g/mol. The van der Waals surface area contributed by atoms with Crippen LogP contribution in [0.15, 0.2) is 127 Å². The molecule has 0 amide bonds. The molecule has 0 heterocycles. The van der Waals surface area contributed by atoms with Gasteiger partial charge in [-0.1, -0.05) is 135 Å². The molecule has 0 saturated heterocycles. The van der Waals surface area contributed by atoms with Crippen LogP contribution in [0.5, 0.6) is 0 Å². The van der Waals surface area contributed by atoms with Gasteiger partial charge in [0.25, 0.3) is 0 Å². The number of rotatable bonds is 2. The number of hydrogen-bond donors (Lipinski definition) is 0. The third kappa shape index (κ3) is 3.20. The van der Waals surface area contributed by atoms with Crippen LogP contribution in [0.1, 0.15) is 30.5 Å². The van der Waals surface area contributed by atoms with Crippen molar-refractivity contribution in [2.24, 2.45) is 0 Å². The van der Waals surface area contributed by atoms with Gasteiger partial charge in [-0.15, -0.1) is 0 Å². The van der Waals surface area contributed by atoms with Crippen molar-refractivity contribution in [3.8, 4) is 33.4 Å². The van der Waals surface area contributed by atoms with E-state index in [2.05, 4.69) is 148 Å². The largest absolute Gasteiger partial charge is 0.0619 e.